The van der Waals surface area contributed by atoms with Crippen LogP contribution >= 0.6 is 0 Å². The van der Waals surface area contributed by atoms with Gasteiger partial charge in [0.05, 0.1) is 24.9 Å². The third-order valence-corrected chi connectivity index (χ3v) is 5.03. The van der Waals surface area contributed by atoms with Crippen LogP contribution in [0.25, 0.3) is 0 Å². The standard InChI is InChI=1S/C19H25N3O2/c1-15-5-6-18(24-15)12-21-8-9-22-13-19(10-17(22)11-21)23-14-16-4-2-3-7-20-16/h2-7,17,19H,8-14H2,1H3/t17-,19+/m0/s1. The van der Waals surface area contributed by atoms with E-state index in [9.17, 15) is 0 Å². The number of hydrogen-bond donors (Lipinski definition) is 0. The quantitative estimate of drug-likeness (QED) is 0.844. The number of fused-ring (bicyclic) bond motifs is 1. The maximum Gasteiger partial charge on any atom is 0.118 e. The number of aryl methyl sites for hydroxylation is 1. The minimum atomic E-state index is 0.322. The zero-order valence-corrected chi connectivity index (χ0v) is 14.2. The molecule has 2 aromatic heterocycles. The molecule has 2 fully saturated rings. The largest absolute Gasteiger partial charge is 0.465 e. The van der Waals surface area contributed by atoms with Gasteiger partial charge in [0.1, 0.15) is 11.5 Å². The van der Waals surface area contributed by atoms with Crippen LogP contribution < -0.4 is 0 Å². The molecule has 0 unspecified atom stereocenters. The van der Waals surface area contributed by atoms with E-state index in [0.29, 0.717) is 18.8 Å². The van der Waals surface area contributed by atoms with Gasteiger partial charge in [-0.3, -0.25) is 14.8 Å². The summed E-state index contributed by atoms with van der Waals surface area (Å²) in [4.78, 5) is 9.41. The molecule has 2 atom stereocenters. The smallest absolute Gasteiger partial charge is 0.118 e. The van der Waals surface area contributed by atoms with Gasteiger partial charge in [-0.25, -0.2) is 0 Å². The molecule has 4 rings (SSSR count). The Morgan fingerprint density at radius 3 is 2.96 bits per heavy atom. The highest BCUT2D eigenvalue weighted by Crippen LogP contribution is 2.25. The second kappa shape index (κ2) is 7.05. The predicted octanol–water partition coefficient (Wildman–Crippen LogP) is 2.46. The molecule has 2 saturated heterocycles. The van der Waals surface area contributed by atoms with Gasteiger partial charge in [0.2, 0.25) is 0 Å². The Hall–Kier alpha value is -1.69. The van der Waals surface area contributed by atoms with Gasteiger partial charge in [0.15, 0.2) is 0 Å². The minimum Gasteiger partial charge on any atom is -0.465 e. The molecule has 2 aromatic rings. The van der Waals surface area contributed by atoms with Crippen molar-refractivity contribution in [1.82, 2.24) is 14.8 Å². The van der Waals surface area contributed by atoms with Gasteiger partial charge in [-0.1, -0.05) is 6.07 Å². The van der Waals surface area contributed by atoms with E-state index in [2.05, 4.69) is 20.9 Å². The van der Waals surface area contributed by atoms with E-state index >= 15 is 0 Å². The summed E-state index contributed by atoms with van der Waals surface area (Å²) >= 11 is 0. The highest BCUT2D eigenvalue weighted by molar-refractivity contribution is 5.06. The Morgan fingerprint density at radius 1 is 1.21 bits per heavy atom. The first-order chi connectivity index (χ1) is 11.8. The number of nitrogens with zero attached hydrogens (tertiary/aromatic N) is 3. The number of pyridine rings is 1. The van der Waals surface area contributed by atoms with E-state index in [1.807, 2.05) is 37.4 Å². The van der Waals surface area contributed by atoms with Gasteiger partial charge in [-0.05, 0) is 37.6 Å². The summed E-state index contributed by atoms with van der Waals surface area (Å²) in [5, 5.41) is 0. The van der Waals surface area contributed by atoms with E-state index in [1.54, 1.807) is 0 Å². The molecule has 2 aliphatic heterocycles. The fourth-order valence-corrected chi connectivity index (χ4v) is 3.80. The highest BCUT2D eigenvalue weighted by atomic mass is 16.5. The molecule has 0 bridgehead atoms. The molecule has 0 spiro atoms. The van der Waals surface area contributed by atoms with Crippen LogP contribution in [-0.2, 0) is 17.9 Å². The van der Waals surface area contributed by atoms with Crippen molar-refractivity contribution in [2.75, 3.05) is 26.2 Å². The van der Waals surface area contributed by atoms with E-state index in [4.69, 9.17) is 9.15 Å². The molecule has 4 heterocycles. The Balaban J connectivity index is 1.27. The first-order valence-corrected chi connectivity index (χ1v) is 8.79. The van der Waals surface area contributed by atoms with Gasteiger partial charge >= 0.3 is 0 Å². The van der Waals surface area contributed by atoms with E-state index < -0.39 is 0 Å². The van der Waals surface area contributed by atoms with Crippen LogP contribution in [0.2, 0.25) is 0 Å². The first-order valence-electron chi connectivity index (χ1n) is 8.79. The molecule has 0 saturated carbocycles. The number of ether oxygens (including phenoxy) is 1. The molecule has 2 aliphatic rings. The molecule has 0 N–H and O–H groups in total. The molecule has 5 heteroatoms. The molecule has 0 aromatic carbocycles. The van der Waals surface area contributed by atoms with Crippen LogP contribution in [0.3, 0.4) is 0 Å². The van der Waals surface area contributed by atoms with Crippen molar-refractivity contribution in [2.24, 2.45) is 0 Å². The first kappa shape index (κ1) is 15.8. The van der Waals surface area contributed by atoms with Crippen molar-refractivity contribution in [3.05, 3.63) is 53.7 Å². The van der Waals surface area contributed by atoms with Crippen LogP contribution in [0.15, 0.2) is 40.9 Å². The lowest BCUT2D eigenvalue weighted by molar-refractivity contribution is 0.0439. The number of aromatic nitrogens is 1. The SMILES string of the molecule is Cc1ccc(CN2CCN3C[C@H](OCc4ccccn4)C[C@H]3C2)o1. The lowest BCUT2D eigenvalue weighted by Crippen LogP contribution is -2.49. The molecule has 128 valence electrons. The third kappa shape index (κ3) is 3.69. The molecule has 0 aliphatic carbocycles. The Bertz CT molecular complexity index is 658. The molecule has 0 amide bonds. The average molecular weight is 327 g/mol. The van der Waals surface area contributed by atoms with Crippen LogP contribution in [0.5, 0.6) is 0 Å². The lowest BCUT2D eigenvalue weighted by Gasteiger charge is -2.36. The Kier molecular flexibility index (Phi) is 4.65. The second-order valence-electron chi connectivity index (χ2n) is 6.89. The van der Waals surface area contributed by atoms with Crippen molar-refractivity contribution in [3.8, 4) is 0 Å². The van der Waals surface area contributed by atoms with Crippen LogP contribution in [-0.4, -0.2) is 53.1 Å². The van der Waals surface area contributed by atoms with Crippen LogP contribution in [0, 0.1) is 6.92 Å². The number of piperazine rings is 1. The molecular weight excluding hydrogens is 302 g/mol. The number of rotatable bonds is 5. The number of hydrogen-bond acceptors (Lipinski definition) is 5. The zero-order valence-electron chi connectivity index (χ0n) is 14.2. The Morgan fingerprint density at radius 2 is 2.17 bits per heavy atom. The maximum absolute atomic E-state index is 6.10. The van der Waals surface area contributed by atoms with Crippen molar-refractivity contribution < 1.29 is 9.15 Å². The van der Waals surface area contributed by atoms with Crippen molar-refractivity contribution in [3.63, 3.8) is 0 Å². The predicted molar refractivity (Wildman–Crippen MR) is 91.5 cm³/mol. The number of furan rings is 1. The van der Waals surface area contributed by atoms with Crippen molar-refractivity contribution >= 4 is 0 Å². The summed E-state index contributed by atoms with van der Waals surface area (Å²) in [6.07, 6.45) is 3.26. The third-order valence-electron chi connectivity index (χ3n) is 5.03. The van der Waals surface area contributed by atoms with Crippen molar-refractivity contribution in [1.29, 1.82) is 0 Å². The van der Waals surface area contributed by atoms with E-state index in [0.717, 1.165) is 56.4 Å². The fraction of sp³-hybridized carbons (Fsp3) is 0.526. The van der Waals surface area contributed by atoms with Gasteiger partial charge in [0, 0.05) is 38.4 Å². The molecular formula is C19H25N3O2. The van der Waals surface area contributed by atoms with Crippen molar-refractivity contribution in [2.45, 2.75) is 38.6 Å². The van der Waals surface area contributed by atoms with E-state index in [1.165, 1.54) is 0 Å². The van der Waals surface area contributed by atoms with Gasteiger partial charge in [-0.15, -0.1) is 0 Å². The summed E-state index contributed by atoms with van der Waals surface area (Å²) < 4.78 is 11.8. The summed E-state index contributed by atoms with van der Waals surface area (Å²) in [6, 6.07) is 10.7. The summed E-state index contributed by atoms with van der Waals surface area (Å²) in [6.45, 7) is 7.90. The van der Waals surface area contributed by atoms with Gasteiger partial charge < -0.3 is 9.15 Å². The normalized spacial score (nSPS) is 25.0. The zero-order chi connectivity index (χ0) is 16.4. The van der Waals surface area contributed by atoms with Crippen LogP contribution in [0.4, 0.5) is 0 Å². The lowest BCUT2D eigenvalue weighted by atomic mass is 10.1. The second-order valence-corrected chi connectivity index (χ2v) is 6.89. The monoisotopic (exact) mass is 327 g/mol. The average Bonchev–Trinajstić information content (AvgIpc) is 3.19. The molecule has 0 radical (unpaired) electrons. The highest BCUT2D eigenvalue weighted by Gasteiger charge is 2.36. The van der Waals surface area contributed by atoms with Gasteiger partial charge in [-0.2, -0.15) is 0 Å². The topological polar surface area (TPSA) is 41.7 Å². The summed E-state index contributed by atoms with van der Waals surface area (Å²) in [7, 11) is 0. The maximum atomic E-state index is 6.10. The fourth-order valence-electron chi connectivity index (χ4n) is 3.80. The Labute approximate surface area is 143 Å². The van der Waals surface area contributed by atoms with Crippen LogP contribution in [0.1, 0.15) is 23.6 Å². The molecule has 24 heavy (non-hydrogen) atoms. The summed E-state index contributed by atoms with van der Waals surface area (Å²) in [5.41, 5.74) is 1.01. The van der Waals surface area contributed by atoms with E-state index in [-0.39, 0.29) is 0 Å². The minimum absolute atomic E-state index is 0.322. The van der Waals surface area contributed by atoms with Gasteiger partial charge in [0.25, 0.3) is 0 Å². The summed E-state index contributed by atoms with van der Waals surface area (Å²) in [5.74, 6) is 2.06. The molecule has 5 nitrogen and oxygen atoms in total.